The summed E-state index contributed by atoms with van der Waals surface area (Å²) in [5.74, 6) is 0.889. The lowest BCUT2D eigenvalue weighted by Gasteiger charge is -2.13. The van der Waals surface area contributed by atoms with Gasteiger partial charge in [-0.1, -0.05) is 91.3 Å². The second-order valence-corrected chi connectivity index (χ2v) is 7.23. The normalized spacial score (nSPS) is 11.8. The van der Waals surface area contributed by atoms with Gasteiger partial charge < -0.3 is 10.1 Å². The Morgan fingerprint density at radius 3 is 1.97 bits per heavy atom. The van der Waals surface area contributed by atoms with Gasteiger partial charge in [0.15, 0.2) is 0 Å². The summed E-state index contributed by atoms with van der Waals surface area (Å²) in [7, 11) is 0. The van der Waals surface area contributed by atoms with Crippen molar-refractivity contribution in [3.05, 3.63) is 102 Å². The van der Waals surface area contributed by atoms with Crippen molar-refractivity contribution < 1.29 is 4.74 Å². The van der Waals surface area contributed by atoms with Gasteiger partial charge in [-0.2, -0.15) is 0 Å². The summed E-state index contributed by atoms with van der Waals surface area (Å²) < 4.78 is 5.89. The molecule has 1 N–H and O–H groups in total. The van der Waals surface area contributed by atoms with Gasteiger partial charge in [-0.15, -0.1) is 0 Å². The van der Waals surface area contributed by atoms with E-state index < -0.39 is 0 Å². The van der Waals surface area contributed by atoms with E-state index in [9.17, 15) is 0 Å². The zero-order chi connectivity index (χ0) is 20.3. The summed E-state index contributed by atoms with van der Waals surface area (Å²) in [6, 6.07) is 28.6. The molecule has 0 saturated carbocycles. The highest BCUT2D eigenvalue weighted by Gasteiger charge is 2.12. The average Bonchev–Trinajstić information content (AvgIpc) is 2.78. The summed E-state index contributed by atoms with van der Waals surface area (Å²) in [4.78, 5) is 0. The molecular formula is C26H28ClNO. The number of rotatable bonds is 10. The summed E-state index contributed by atoms with van der Waals surface area (Å²) in [6.45, 7) is 4.92. The molecule has 3 rings (SSSR count). The van der Waals surface area contributed by atoms with Crippen molar-refractivity contribution in [2.24, 2.45) is 0 Å². The van der Waals surface area contributed by atoms with Crippen LogP contribution in [0, 0.1) is 0 Å². The van der Waals surface area contributed by atoms with E-state index in [-0.39, 0.29) is 0 Å². The highest BCUT2D eigenvalue weighted by molar-refractivity contribution is 6.53. The van der Waals surface area contributed by atoms with Crippen LogP contribution in [0.5, 0.6) is 5.75 Å². The van der Waals surface area contributed by atoms with Crippen molar-refractivity contribution in [3.8, 4) is 5.75 Å². The van der Waals surface area contributed by atoms with Crippen LogP contribution in [0.25, 0.3) is 10.6 Å². The van der Waals surface area contributed by atoms with Crippen LogP contribution in [0.1, 0.15) is 36.5 Å². The van der Waals surface area contributed by atoms with Crippen LogP contribution in [0.2, 0.25) is 0 Å². The SMILES string of the molecule is CCNCCCCOc1ccc(C(=C(Cl)c2ccccc2)c2ccccc2)cc1. The molecule has 150 valence electrons. The monoisotopic (exact) mass is 405 g/mol. The third-order valence-electron chi connectivity index (χ3n) is 4.72. The van der Waals surface area contributed by atoms with Gasteiger partial charge in [0.05, 0.1) is 11.6 Å². The van der Waals surface area contributed by atoms with E-state index in [1.165, 1.54) is 0 Å². The van der Waals surface area contributed by atoms with Crippen molar-refractivity contribution in [1.82, 2.24) is 5.32 Å². The largest absolute Gasteiger partial charge is 0.494 e. The second kappa shape index (κ2) is 11.5. The standard InChI is InChI=1S/C26H28ClNO/c1-2-28-19-9-10-20-29-24-17-15-22(16-18-24)25(21-11-5-3-6-12-21)26(27)23-13-7-4-8-14-23/h3-8,11-18,28H,2,9-10,19-20H2,1H3. The van der Waals surface area contributed by atoms with E-state index >= 15 is 0 Å². The van der Waals surface area contributed by atoms with Gasteiger partial charge in [-0.05, 0) is 54.8 Å². The Morgan fingerprint density at radius 1 is 0.759 bits per heavy atom. The molecule has 0 aromatic heterocycles. The Hall–Kier alpha value is -2.55. The van der Waals surface area contributed by atoms with Crippen LogP contribution < -0.4 is 10.1 Å². The Balaban J connectivity index is 1.79. The molecule has 0 unspecified atom stereocenters. The van der Waals surface area contributed by atoms with Crippen LogP contribution >= 0.6 is 11.6 Å². The highest BCUT2D eigenvalue weighted by atomic mass is 35.5. The molecule has 0 aliphatic carbocycles. The van der Waals surface area contributed by atoms with Crippen LogP contribution in [0.3, 0.4) is 0 Å². The minimum absolute atomic E-state index is 0.733. The number of halogens is 1. The fraction of sp³-hybridized carbons (Fsp3) is 0.231. The molecule has 29 heavy (non-hydrogen) atoms. The molecular weight excluding hydrogens is 378 g/mol. The van der Waals surface area contributed by atoms with E-state index in [0.29, 0.717) is 0 Å². The fourth-order valence-electron chi connectivity index (χ4n) is 3.19. The molecule has 0 aliphatic heterocycles. The molecule has 0 fully saturated rings. The van der Waals surface area contributed by atoms with Gasteiger partial charge in [-0.25, -0.2) is 0 Å². The first-order valence-electron chi connectivity index (χ1n) is 10.2. The first-order chi connectivity index (χ1) is 14.3. The second-order valence-electron chi connectivity index (χ2n) is 6.85. The molecule has 3 heteroatoms. The molecule has 0 bridgehead atoms. The van der Waals surface area contributed by atoms with E-state index in [1.54, 1.807) is 0 Å². The van der Waals surface area contributed by atoms with E-state index in [2.05, 4.69) is 36.5 Å². The zero-order valence-electron chi connectivity index (χ0n) is 16.9. The van der Waals surface area contributed by atoms with Crippen molar-refractivity contribution in [3.63, 3.8) is 0 Å². The number of benzene rings is 3. The van der Waals surface area contributed by atoms with E-state index in [1.807, 2.05) is 60.7 Å². The molecule has 0 aliphatic rings. The third-order valence-corrected chi connectivity index (χ3v) is 5.13. The van der Waals surface area contributed by atoms with Gasteiger partial charge >= 0.3 is 0 Å². The number of unbranched alkanes of at least 4 members (excludes halogenated alkanes) is 1. The average molecular weight is 406 g/mol. The van der Waals surface area contributed by atoms with Crippen molar-refractivity contribution >= 4 is 22.2 Å². The zero-order valence-corrected chi connectivity index (χ0v) is 17.7. The van der Waals surface area contributed by atoms with Gasteiger partial charge in [-0.3, -0.25) is 0 Å². The van der Waals surface area contributed by atoms with Crippen LogP contribution in [0.4, 0.5) is 0 Å². The first-order valence-corrected chi connectivity index (χ1v) is 10.6. The summed E-state index contributed by atoms with van der Waals surface area (Å²) in [6.07, 6.45) is 2.17. The predicted octanol–water partition coefficient (Wildman–Crippen LogP) is 6.61. The van der Waals surface area contributed by atoms with Gasteiger partial charge in [0.1, 0.15) is 5.75 Å². The lowest BCUT2D eigenvalue weighted by molar-refractivity contribution is 0.306. The number of ether oxygens (including phenoxy) is 1. The maximum Gasteiger partial charge on any atom is 0.119 e. The van der Waals surface area contributed by atoms with Gasteiger partial charge in [0.25, 0.3) is 0 Å². The van der Waals surface area contributed by atoms with Crippen molar-refractivity contribution in [1.29, 1.82) is 0 Å². The lowest BCUT2D eigenvalue weighted by atomic mass is 9.95. The number of nitrogens with one attached hydrogen (secondary N) is 1. The van der Waals surface area contributed by atoms with Crippen molar-refractivity contribution in [2.45, 2.75) is 19.8 Å². The maximum atomic E-state index is 6.87. The Labute approximate surface area is 179 Å². The van der Waals surface area contributed by atoms with Crippen LogP contribution in [-0.4, -0.2) is 19.7 Å². The minimum atomic E-state index is 0.733. The number of hydrogen-bond donors (Lipinski definition) is 1. The first kappa shape index (κ1) is 21.2. The van der Waals surface area contributed by atoms with Crippen LogP contribution in [-0.2, 0) is 0 Å². The smallest absolute Gasteiger partial charge is 0.119 e. The summed E-state index contributed by atoms with van der Waals surface area (Å²) in [5, 5.41) is 4.08. The topological polar surface area (TPSA) is 21.3 Å². The molecule has 2 nitrogen and oxygen atoms in total. The Bertz CT molecular complexity index is 889. The summed E-state index contributed by atoms with van der Waals surface area (Å²) in [5.41, 5.74) is 4.20. The lowest BCUT2D eigenvalue weighted by Crippen LogP contribution is -2.14. The minimum Gasteiger partial charge on any atom is -0.494 e. The fourth-order valence-corrected chi connectivity index (χ4v) is 3.53. The molecule has 3 aromatic rings. The molecule has 0 heterocycles. The van der Waals surface area contributed by atoms with E-state index in [0.717, 1.165) is 65.6 Å². The van der Waals surface area contributed by atoms with Crippen LogP contribution in [0.15, 0.2) is 84.9 Å². The molecule has 0 spiro atoms. The predicted molar refractivity (Wildman–Crippen MR) is 124 cm³/mol. The third kappa shape index (κ3) is 6.22. The highest BCUT2D eigenvalue weighted by Crippen LogP contribution is 2.35. The summed E-state index contributed by atoms with van der Waals surface area (Å²) >= 11 is 6.87. The quantitative estimate of drug-likeness (QED) is 0.302. The van der Waals surface area contributed by atoms with Crippen molar-refractivity contribution in [2.75, 3.05) is 19.7 Å². The molecule has 3 aromatic carbocycles. The molecule has 0 atom stereocenters. The van der Waals surface area contributed by atoms with Gasteiger partial charge in [0.2, 0.25) is 0 Å². The van der Waals surface area contributed by atoms with E-state index in [4.69, 9.17) is 16.3 Å². The Kier molecular flexibility index (Phi) is 8.36. The maximum absolute atomic E-state index is 6.87. The molecule has 0 amide bonds. The molecule has 0 radical (unpaired) electrons. The Morgan fingerprint density at radius 2 is 1.34 bits per heavy atom. The van der Waals surface area contributed by atoms with Gasteiger partial charge in [0, 0.05) is 5.57 Å². The number of hydrogen-bond acceptors (Lipinski definition) is 2. The molecule has 0 saturated heterocycles.